The molecule has 28 heavy (non-hydrogen) atoms. The molecule has 1 aliphatic rings. The van der Waals surface area contributed by atoms with E-state index in [1.54, 1.807) is 0 Å². The summed E-state index contributed by atoms with van der Waals surface area (Å²) in [5, 5.41) is 0.163. The SMILES string of the molecule is Cc1ccc(-c2ccc(C3COB(c4cc(F)c(F)c(P)c4)OC3)cc2)cc1. The van der Waals surface area contributed by atoms with Crippen LogP contribution in [-0.4, -0.2) is 20.3 Å². The fourth-order valence-corrected chi connectivity index (χ4v) is 3.68. The Hall–Kier alpha value is -2.07. The molecule has 0 spiro atoms. The lowest BCUT2D eigenvalue weighted by molar-refractivity contribution is 0.121. The van der Waals surface area contributed by atoms with Gasteiger partial charge in [0.25, 0.3) is 0 Å². The van der Waals surface area contributed by atoms with E-state index in [1.165, 1.54) is 17.2 Å². The molecule has 1 unspecified atom stereocenters. The number of aryl methyl sites for hydroxylation is 1. The van der Waals surface area contributed by atoms with Gasteiger partial charge in [-0.05, 0) is 35.1 Å². The van der Waals surface area contributed by atoms with Crippen molar-refractivity contribution in [2.45, 2.75) is 12.8 Å². The van der Waals surface area contributed by atoms with Gasteiger partial charge in [-0.25, -0.2) is 8.78 Å². The first kappa shape index (κ1) is 19.3. The monoisotopic (exact) mass is 396 g/mol. The fourth-order valence-electron chi connectivity index (χ4n) is 3.35. The van der Waals surface area contributed by atoms with E-state index in [-0.39, 0.29) is 11.2 Å². The van der Waals surface area contributed by atoms with Gasteiger partial charge in [-0.15, -0.1) is 9.24 Å². The zero-order valence-corrected chi connectivity index (χ0v) is 16.6. The van der Waals surface area contributed by atoms with Crippen molar-refractivity contribution in [2.24, 2.45) is 0 Å². The lowest BCUT2D eigenvalue weighted by Gasteiger charge is -2.28. The first-order valence-corrected chi connectivity index (χ1v) is 9.73. The first-order chi connectivity index (χ1) is 13.5. The van der Waals surface area contributed by atoms with E-state index in [0.29, 0.717) is 18.7 Å². The molecule has 0 aliphatic carbocycles. The van der Waals surface area contributed by atoms with E-state index in [1.807, 2.05) is 0 Å². The summed E-state index contributed by atoms with van der Waals surface area (Å²) >= 11 is 0. The highest BCUT2D eigenvalue weighted by Gasteiger charge is 2.31. The van der Waals surface area contributed by atoms with E-state index in [2.05, 4.69) is 64.7 Å². The summed E-state index contributed by atoms with van der Waals surface area (Å²) in [4.78, 5) is 0. The van der Waals surface area contributed by atoms with Crippen LogP contribution in [0.3, 0.4) is 0 Å². The lowest BCUT2D eigenvalue weighted by Crippen LogP contribution is -2.44. The van der Waals surface area contributed by atoms with Gasteiger partial charge in [0.2, 0.25) is 0 Å². The van der Waals surface area contributed by atoms with Crippen molar-refractivity contribution in [3.63, 3.8) is 0 Å². The molecule has 1 heterocycles. The van der Waals surface area contributed by atoms with Gasteiger partial charge < -0.3 is 9.31 Å². The molecule has 0 aromatic heterocycles. The molecule has 4 rings (SSSR count). The molecule has 0 saturated carbocycles. The van der Waals surface area contributed by atoms with Gasteiger partial charge in [-0.3, -0.25) is 0 Å². The van der Waals surface area contributed by atoms with Crippen LogP contribution in [0.1, 0.15) is 17.0 Å². The van der Waals surface area contributed by atoms with Crippen LogP contribution in [0.2, 0.25) is 0 Å². The molecular formula is C22H20BF2O2P. The normalized spacial score (nSPS) is 15.1. The molecule has 1 saturated heterocycles. The molecule has 1 aliphatic heterocycles. The Kier molecular flexibility index (Phi) is 5.59. The highest BCUT2D eigenvalue weighted by molar-refractivity contribution is 7.27. The average molecular weight is 396 g/mol. The molecule has 1 fully saturated rings. The van der Waals surface area contributed by atoms with Gasteiger partial charge in [0.15, 0.2) is 11.6 Å². The van der Waals surface area contributed by atoms with Crippen molar-refractivity contribution in [3.05, 3.63) is 83.4 Å². The number of hydrogen-bond acceptors (Lipinski definition) is 2. The molecule has 1 atom stereocenters. The first-order valence-electron chi connectivity index (χ1n) is 9.16. The van der Waals surface area contributed by atoms with Crippen molar-refractivity contribution in [3.8, 4) is 11.1 Å². The van der Waals surface area contributed by atoms with Crippen molar-refractivity contribution in [1.82, 2.24) is 0 Å². The summed E-state index contributed by atoms with van der Waals surface area (Å²) < 4.78 is 38.7. The molecule has 0 radical (unpaired) electrons. The Morgan fingerprint density at radius 1 is 0.893 bits per heavy atom. The van der Waals surface area contributed by atoms with Gasteiger partial charge in [0.05, 0.1) is 0 Å². The maximum absolute atomic E-state index is 13.6. The molecule has 2 nitrogen and oxygen atoms in total. The van der Waals surface area contributed by atoms with E-state index in [4.69, 9.17) is 9.31 Å². The quantitative estimate of drug-likeness (QED) is 0.493. The minimum Gasteiger partial charge on any atom is -0.407 e. The molecular weight excluding hydrogens is 376 g/mol. The number of rotatable bonds is 3. The number of hydrogen-bond donors (Lipinski definition) is 0. The second-order valence-corrected chi connectivity index (χ2v) is 7.71. The summed E-state index contributed by atoms with van der Waals surface area (Å²) in [7, 11) is 1.51. The highest BCUT2D eigenvalue weighted by Crippen LogP contribution is 2.25. The third kappa shape index (κ3) is 4.02. The van der Waals surface area contributed by atoms with Gasteiger partial charge in [0, 0.05) is 24.4 Å². The summed E-state index contributed by atoms with van der Waals surface area (Å²) in [6.07, 6.45) is 0. The van der Waals surface area contributed by atoms with Gasteiger partial charge in [0.1, 0.15) is 0 Å². The average Bonchev–Trinajstić information content (AvgIpc) is 2.72. The largest absolute Gasteiger partial charge is 0.494 e. The Labute approximate surface area is 166 Å². The third-order valence-corrected chi connectivity index (χ3v) is 5.44. The van der Waals surface area contributed by atoms with Crippen LogP contribution < -0.4 is 10.8 Å². The number of halogens is 2. The van der Waals surface area contributed by atoms with Crippen LogP contribution in [0.15, 0.2) is 60.7 Å². The van der Waals surface area contributed by atoms with Crippen LogP contribution >= 0.6 is 9.24 Å². The lowest BCUT2D eigenvalue weighted by atomic mass is 9.77. The second kappa shape index (κ2) is 8.12. The van der Waals surface area contributed by atoms with Crippen LogP contribution in [-0.2, 0) is 9.31 Å². The van der Waals surface area contributed by atoms with Gasteiger partial charge >= 0.3 is 7.12 Å². The molecule has 6 heteroatoms. The predicted molar refractivity (Wildman–Crippen MR) is 112 cm³/mol. The van der Waals surface area contributed by atoms with Crippen LogP contribution in [0.25, 0.3) is 11.1 Å². The van der Waals surface area contributed by atoms with Crippen molar-refractivity contribution in [2.75, 3.05) is 13.2 Å². The molecule has 0 N–H and O–H groups in total. The van der Waals surface area contributed by atoms with Crippen molar-refractivity contribution in [1.29, 1.82) is 0 Å². The topological polar surface area (TPSA) is 18.5 Å². The Morgan fingerprint density at radius 3 is 2.04 bits per heavy atom. The second-order valence-electron chi connectivity index (χ2n) is 7.09. The minimum absolute atomic E-state index is 0.101. The van der Waals surface area contributed by atoms with Gasteiger partial charge in [-0.1, -0.05) is 60.2 Å². The van der Waals surface area contributed by atoms with Crippen LogP contribution in [0, 0.1) is 18.6 Å². The molecule has 3 aromatic rings. The smallest absolute Gasteiger partial charge is 0.407 e. The van der Waals surface area contributed by atoms with Crippen molar-refractivity contribution < 1.29 is 18.1 Å². The molecule has 142 valence electrons. The summed E-state index contributed by atoms with van der Waals surface area (Å²) in [6.45, 7) is 2.99. The molecule has 0 amide bonds. The van der Waals surface area contributed by atoms with Gasteiger partial charge in [-0.2, -0.15) is 0 Å². The minimum atomic E-state index is -0.900. The number of benzene rings is 3. The van der Waals surface area contributed by atoms with Crippen LogP contribution in [0.5, 0.6) is 0 Å². The molecule has 3 aromatic carbocycles. The highest BCUT2D eigenvalue weighted by atomic mass is 31.0. The zero-order chi connectivity index (χ0) is 19.7. The van der Waals surface area contributed by atoms with E-state index < -0.39 is 18.8 Å². The Morgan fingerprint density at radius 2 is 1.46 bits per heavy atom. The Bertz CT molecular complexity index is 946. The standard InChI is InChI=1S/C22H20BF2O2P/c1-14-2-4-15(5-3-14)16-6-8-17(9-7-16)18-12-26-23(27-13-18)19-10-20(24)22(25)21(28)11-19/h2-11,18H,12-13,28H2,1H3. The van der Waals surface area contributed by atoms with E-state index in [9.17, 15) is 8.78 Å². The summed E-state index contributed by atoms with van der Waals surface area (Å²) in [5.74, 6) is -1.66. The fraction of sp³-hybridized carbons (Fsp3) is 0.182. The molecule has 0 bridgehead atoms. The maximum atomic E-state index is 13.6. The predicted octanol–water partition coefficient (Wildman–Crippen LogP) is 3.97. The Balaban J connectivity index is 1.43. The van der Waals surface area contributed by atoms with Crippen LogP contribution in [0.4, 0.5) is 8.78 Å². The van der Waals surface area contributed by atoms with E-state index in [0.717, 1.165) is 17.2 Å². The summed E-state index contributed by atoms with van der Waals surface area (Å²) in [5.41, 5.74) is 5.19. The maximum Gasteiger partial charge on any atom is 0.494 e. The third-order valence-electron chi connectivity index (χ3n) is 5.02. The van der Waals surface area contributed by atoms with E-state index >= 15 is 0 Å². The zero-order valence-electron chi connectivity index (χ0n) is 15.5. The van der Waals surface area contributed by atoms with Crippen molar-refractivity contribution >= 4 is 27.1 Å². The summed E-state index contributed by atoms with van der Waals surface area (Å²) in [6, 6.07) is 19.5.